The largest absolute Gasteiger partial charge is 0.494 e. The maximum atomic E-state index is 14.9. The molecule has 9 heteroatoms. The first-order chi connectivity index (χ1) is 21.7. The molecule has 4 heterocycles. The van der Waals surface area contributed by atoms with Gasteiger partial charge in [-0.2, -0.15) is 0 Å². The van der Waals surface area contributed by atoms with Crippen LogP contribution in [0.1, 0.15) is 44.2 Å². The summed E-state index contributed by atoms with van der Waals surface area (Å²) in [5.41, 5.74) is 3.63. The summed E-state index contributed by atoms with van der Waals surface area (Å²) in [6, 6.07) is 12.8. The van der Waals surface area contributed by atoms with E-state index in [0.717, 1.165) is 34.7 Å². The maximum Gasteiger partial charge on any atom is 0.251 e. The molecule has 238 valence electrons. The standard InChI is InChI=1S/C36H43N3O5S/c1-5-44-27-16-14-26(15-17-27)37-21-10-18-35(4)28(32(37)41)29-33(42)39(20-7-6-8-23-40)31-34(43)38(22-11-19-36(29,31)45-35)30-24(2)12-9-13-25(30)3/h9-19,28-29,31,40H,5-8,20-23H2,1-4H3/t28-,29-,31?,35+,36-/m0/s1. The number of aliphatic hydroxyl groups is 1. The maximum absolute atomic E-state index is 14.9. The number of anilines is 2. The average Bonchev–Trinajstić information content (AvgIpc) is 3.28. The van der Waals surface area contributed by atoms with Crippen molar-refractivity contribution in [2.75, 3.05) is 42.6 Å². The third kappa shape index (κ3) is 5.18. The van der Waals surface area contributed by atoms with E-state index in [9.17, 15) is 19.5 Å². The predicted molar refractivity (Wildman–Crippen MR) is 179 cm³/mol. The van der Waals surface area contributed by atoms with Crippen LogP contribution in [-0.2, 0) is 14.4 Å². The van der Waals surface area contributed by atoms with Gasteiger partial charge in [0.05, 0.1) is 23.2 Å². The van der Waals surface area contributed by atoms with Crippen LogP contribution >= 0.6 is 11.8 Å². The van der Waals surface area contributed by atoms with Crippen molar-refractivity contribution in [3.8, 4) is 5.75 Å². The summed E-state index contributed by atoms with van der Waals surface area (Å²) in [7, 11) is 0. The first kappa shape index (κ1) is 31.4. The van der Waals surface area contributed by atoms with Gasteiger partial charge in [0, 0.05) is 42.4 Å². The summed E-state index contributed by atoms with van der Waals surface area (Å²) in [4.78, 5) is 49.6. The molecule has 3 amide bonds. The van der Waals surface area contributed by atoms with Crippen LogP contribution in [0.5, 0.6) is 5.75 Å². The third-order valence-corrected chi connectivity index (χ3v) is 11.6. The lowest BCUT2D eigenvalue weighted by atomic mass is 9.74. The van der Waals surface area contributed by atoms with E-state index in [0.29, 0.717) is 39.1 Å². The molecule has 0 radical (unpaired) electrons. The minimum atomic E-state index is -0.905. The molecular weight excluding hydrogens is 586 g/mol. The highest BCUT2D eigenvalue weighted by Gasteiger charge is 2.74. The summed E-state index contributed by atoms with van der Waals surface area (Å²) in [6.45, 7) is 9.84. The number of rotatable bonds is 9. The fraction of sp³-hybridized carbons (Fsp3) is 0.472. The normalized spacial score (nSPS) is 29.0. The average molecular weight is 630 g/mol. The number of hydrogen-bond donors (Lipinski definition) is 1. The zero-order valence-corrected chi connectivity index (χ0v) is 27.4. The van der Waals surface area contributed by atoms with Crippen molar-refractivity contribution in [1.82, 2.24) is 4.90 Å². The number of carbonyl (C=O) groups excluding carboxylic acids is 3. The zero-order valence-electron chi connectivity index (χ0n) is 26.6. The molecule has 2 aromatic rings. The van der Waals surface area contributed by atoms with Gasteiger partial charge in [-0.05, 0) is 82.3 Å². The highest BCUT2D eigenvalue weighted by molar-refractivity contribution is 8.02. The number of hydrogen-bond acceptors (Lipinski definition) is 6. The molecule has 45 heavy (non-hydrogen) atoms. The van der Waals surface area contributed by atoms with Crippen molar-refractivity contribution in [1.29, 1.82) is 0 Å². The fourth-order valence-corrected chi connectivity index (χ4v) is 10.0. The highest BCUT2D eigenvalue weighted by Crippen LogP contribution is 2.65. The van der Waals surface area contributed by atoms with Crippen LogP contribution < -0.4 is 14.5 Å². The summed E-state index contributed by atoms with van der Waals surface area (Å²) in [5, 5.41) is 9.38. The van der Waals surface area contributed by atoms with Crippen molar-refractivity contribution < 1.29 is 24.2 Å². The van der Waals surface area contributed by atoms with E-state index in [-0.39, 0.29) is 24.3 Å². The smallest absolute Gasteiger partial charge is 0.251 e. The molecule has 4 aliphatic heterocycles. The van der Waals surface area contributed by atoms with Crippen LogP contribution in [0, 0.1) is 25.7 Å². The lowest BCUT2D eigenvalue weighted by Gasteiger charge is -2.37. The van der Waals surface area contributed by atoms with Gasteiger partial charge in [0.15, 0.2) is 0 Å². The number of aliphatic hydroxyl groups excluding tert-OH is 1. The minimum absolute atomic E-state index is 0.0877. The van der Waals surface area contributed by atoms with Crippen molar-refractivity contribution >= 4 is 40.9 Å². The molecule has 1 N–H and O–H groups in total. The lowest BCUT2D eigenvalue weighted by Crippen LogP contribution is -2.53. The van der Waals surface area contributed by atoms with Gasteiger partial charge in [-0.15, -0.1) is 11.8 Å². The number of aryl methyl sites for hydroxylation is 2. The molecule has 4 aliphatic rings. The number of nitrogens with zero attached hydrogens (tertiary/aromatic N) is 3. The molecule has 0 saturated carbocycles. The van der Waals surface area contributed by atoms with E-state index >= 15 is 0 Å². The van der Waals surface area contributed by atoms with Crippen LogP contribution in [-0.4, -0.2) is 76.1 Å². The highest BCUT2D eigenvalue weighted by atomic mass is 32.2. The Morgan fingerprint density at radius 2 is 1.56 bits per heavy atom. The second kappa shape index (κ2) is 12.3. The molecule has 0 aromatic heterocycles. The third-order valence-electron chi connectivity index (χ3n) is 9.78. The predicted octanol–water partition coefficient (Wildman–Crippen LogP) is 5.06. The number of likely N-dealkylation sites (tertiary alicyclic amines) is 1. The van der Waals surface area contributed by atoms with Gasteiger partial charge in [-0.3, -0.25) is 14.4 Å². The number of para-hydroxylation sites is 1. The van der Waals surface area contributed by atoms with Crippen molar-refractivity contribution in [2.45, 2.75) is 62.5 Å². The molecule has 8 nitrogen and oxygen atoms in total. The number of ether oxygens (including phenoxy) is 1. The Hall–Kier alpha value is -3.56. The van der Waals surface area contributed by atoms with Crippen molar-refractivity contribution in [2.24, 2.45) is 11.8 Å². The van der Waals surface area contributed by atoms with E-state index in [1.807, 2.05) is 87.2 Å². The number of fused-ring (bicyclic) bond motifs is 2. The van der Waals surface area contributed by atoms with Crippen molar-refractivity contribution in [3.63, 3.8) is 0 Å². The van der Waals surface area contributed by atoms with Crippen LogP contribution in [0.4, 0.5) is 11.4 Å². The molecule has 5 atom stereocenters. The Kier molecular flexibility index (Phi) is 8.61. The number of amides is 3. The first-order valence-electron chi connectivity index (χ1n) is 16.1. The number of unbranched alkanes of at least 4 members (excludes halogenated alkanes) is 2. The Morgan fingerprint density at radius 1 is 0.867 bits per heavy atom. The Labute approximate surface area is 270 Å². The van der Waals surface area contributed by atoms with Crippen LogP contribution in [0.2, 0.25) is 0 Å². The zero-order chi connectivity index (χ0) is 31.9. The van der Waals surface area contributed by atoms with Gasteiger partial charge in [-0.25, -0.2) is 0 Å². The van der Waals surface area contributed by atoms with Gasteiger partial charge < -0.3 is 24.5 Å². The summed E-state index contributed by atoms with van der Waals surface area (Å²) >= 11 is 1.61. The second-order valence-corrected chi connectivity index (χ2v) is 14.5. The Balaban J connectivity index is 1.43. The summed E-state index contributed by atoms with van der Waals surface area (Å²) in [5.74, 6) is -0.972. The quantitative estimate of drug-likeness (QED) is 0.308. The van der Waals surface area contributed by atoms with Crippen molar-refractivity contribution in [3.05, 3.63) is 77.9 Å². The lowest BCUT2D eigenvalue weighted by molar-refractivity contribution is -0.139. The number of carbonyl (C=O) groups is 3. The topological polar surface area (TPSA) is 90.4 Å². The Bertz CT molecular complexity index is 1520. The molecule has 2 saturated heterocycles. The monoisotopic (exact) mass is 629 g/mol. The molecule has 0 aliphatic carbocycles. The molecule has 6 rings (SSSR count). The van der Waals surface area contributed by atoms with E-state index in [2.05, 4.69) is 12.2 Å². The molecule has 1 spiro atoms. The summed E-state index contributed by atoms with van der Waals surface area (Å²) < 4.78 is 4.03. The molecule has 2 aromatic carbocycles. The molecule has 2 fully saturated rings. The number of thioether (sulfide) groups is 1. The van der Waals surface area contributed by atoms with Gasteiger partial charge in [0.1, 0.15) is 11.8 Å². The van der Waals surface area contributed by atoms with Gasteiger partial charge >= 0.3 is 0 Å². The first-order valence-corrected chi connectivity index (χ1v) is 16.9. The van der Waals surface area contributed by atoms with Crippen LogP contribution in [0.25, 0.3) is 0 Å². The van der Waals surface area contributed by atoms with E-state index in [1.54, 1.807) is 21.6 Å². The van der Waals surface area contributed by atoms with Gasteiger partial charge in [0.2, 0.25) is 11.8 Å². The second-order valence-electron chi connectivity index (χ2n) is 12.7. The molecule has 1 unspecified atom stereocenters. The number of benzene rings is 2. The Morgan fingerprint density at radius 3 is 2.24 bits per heavy atom. The fourth-order valence-electron chi connectivity index (χ4n) is 7.89. The molecular formula is C36H43N3O5S. The summed E-state index contributed by atoms with van der Waals surface area (Å²) in [6.07, 6.45) is 10.3. The van der Waals surface area contributed by atoms with Crippen LogP contribution in [0.15, 0.2) is 66.8 Å². The molecule has 0 bridgehead atoms. The van der Waals surface area contributed by atoms with E-state index in [4.69, 9.17) is 4.74 Å². The van der Waals surface area contributed by atoms with E-state index < -0.39 is 27.4 Å². The SMILES string of the molecule is CCOc1ccc(N2CC=C[C@@]3(C)S[C@]45C=CCN(c6c(C)cccc6C)C(=O)C4N(CCCCCO)C(=O)[C@@H]5[C@H]3C2=O)cc1. The van der Waals surface area contributed by atoms with Gasteiger partial charge in [0.25, 0.3) is 5.91 Å². The minimum Gasteiger partial charge on any atom is -0.494 e. The van der Waals surface area contributed by atoms with Gasteiger partial charge in [-0.1, -0.05) is 42.5 Å². The van der Waals surface area contributed by atoms with E-state index in [1.165, 1.54) is 0 Å². The van der Waals surface area contributed by atoms with Crippen LogP contribution in [0.3, 0.4) is 0 Å².